The average molecular weight is 226 g/mol. The van der Waals surface area contributed by atoms with Crippen molar-refractivity contribution < 1.29 is 8.42 Å². The van der Waals surface area contributed by atoms with E-state index in [0.29, 0.717) is 6.42 Å². The first-order valence-electron chi connectivity index (χ1n) is 4.96. The third-order valence-corrected chi connectivity index (χ3v) is 4.24. The summed E-state index contributed by atoms with van der Waals surface area (Å²) in [5.74, 6) is 1.27. The molecule has 2 rings (SSSR count). The maximum atomic E-state index is 11.2. The number of anilines is 1. The zero-order valence-electron chi connectivity index (χ0n) is 8.60. The van der Waals surface area contributed by atoms with E-state index >= 15 is 0 Å². The Morgan fingerprint density at radius 3 is 2.87 bits per heavy atom. The smallest absolute Gasteiger partial charge is 0.152 e. The van der Waals surface area contributed by atoms with Crippen LogP contribution in [-0.2, 0) is 9.84 Å². The van der Waals surface area contributed by atoms with Crippen LogP contribution in [0.5, 0.6) is 0 Å². The molecule has 0 bridgehead atoms. The fourth-order valence-electron chi connectivity index (χ4n) is 1.74. The minimum atomic E-state index is -2.82. The first-order chi connectivity index (χ1) is 7.05. The Kier molecular flexibility index (Phi) is 2.65. The number of hydrogen-bond donors (Lipinski definition) is 1. The van der Waals surface area contributed by atoms with Crippen molar-refractivity contribution in [3.63, 3.8) is 0 Å². The minimum absolute atomic E-state index is 0.0179. The van der Waals surface area contributed by atoms with Gasteiger partial charge >= 0.3 is 0 Å². The summed E-state index contributed by atoms with van der Waals surface area (Å²) < 4.78 is 22.5. The van der Waals surface area contributed by atoms with Gasteiger partial charge < -0.3 is 5.32 Å². The monoisotopic (exact) mass is 226 g/mol. The lowest BCUT2D eigenvalue weighted by atomic mass is 10.2. The van der Waals surface area contributed by atoms with Crippen LogP contribution in [0.3, 0.4) is 0 Å². The number of sulfone groups is 1. The van der Waals surface area contributed by atoms with Gasteiger partial charge in [0.25, 0.3) is 0 Å². The largest absolute Gasteiger partial charge is 0.366 e. The summed E-state index contributed by atoms with van der Waals surface area (Å²) >= 11 is 0. The fraction of sp³-hybridized carbons (Fsp3) is 0.500. The molecule has 4 nitrogen and oxygen atoms in total. The molecule has 0 spiro atoms. The summed E-state index contributed by atoms with van der Waals surface area (Å²) in [7, 11) is -2.82. The molecule has 1 atom stereocenters. The van der Waals surface area contributed by atoms with Crippen molar-refractivity contribution in [3.8, 4) is 0 Å². The third-order valence-electron chi connectivity index (χ3n) is 2.47. The molecule has 0 radical (unpaired) electrons. The molecule has 1 aromatic heterocycles. The van der Waals surface area contributed by atoms with Gasteiger partial charge in [-0.3, -0.25) is 0 Å². The van der Waals surface area contributed by atoms with Crippen LogP contribution >= 0.6 is 0 Å². The second kappa shape index (κ2) is 3.81. The Morgan fingerprint density at radius 2 is 2.27 bits per heavy atom. The maximum absolute atomic E-state index is 11.2. The van der Waals surface area contributed by atoms with E-state index in [0.717, 1.165) is 11.5 Å². The van der Waals surface area contributed by atoms with Crippen LogP contribution in [0.2, 0.25) is 0 Å². The van der Waals surface area contributed by atoms with Gasteiger partial charge in [-0.05, 0) is 25.5 Å². The quantitative estimate of drug-likeness (QED) is 0.817. The van der Waals surface area contributed by atoms with Gasteiger partial charge in [0.2, 0.25) is 0 Å². The van der Waals surface area contributed by atoms with E-state index in [1.165, 1.54) is 0 Å². The number of pyridine rings is 1. The molecule has 1 unspecified atom stereocenters. The van der Waals surface area contributed by atoms with Crippen molar-refractivity contribution in [3.05, 3.63) is 23.9 Å². The summed E-state index contributed by atoms with van der Waals surface area (Å²) in [6, 6.07) is 5.70. The molecular formula is C10H14N2O2S. The van der Waals surface area contributed by atoms with Crippen LogP contribution < -0.4 is 5.32 Å². The van der Waals surface area contributed by atoms with E-state index in [1.54, 1.807) is 0 Å². The van der Waals surface area contributed by atoms with Gasteiger partial charge in [0, 0.05) is 11.7 Å². The minimum Gasteiger partial charge on any atom is -0.366 e. The van der Waals surface area contributed by atoms with Crippen LogP contribution in [0.25, 0.3) is 0 Å². The van der Waals surface area contributed by atoms with Crippen molar-refractivity contribution in [1.82, 2.24) is 4.98 Å². The normalized spacial score (nSPS) is 23.9. The molecule has 0 saturated carbocycles. The van der Waals surface area contributed by atoms with E-state index in [2.05, 4.69) is 10.3 Å². The summed E-state index contributed by atoms with van der Waals surface area (Å²) in [5, 5.41) is 3.15. The topological polar surface area (TPSA) is 59.1 Å². The van der Waals surface area contributed by atoms with Gasteiger partial charge in [-0.25, -0.2) is 13.4 Å². The lowest BCUT2D eigenvalue weighted by Gasteiger charge is -2.11. The summed E-state index contributed by atoms with van der Waals surface area (Å²) in [4.78, 5) is 4.28. The third kappa shape index (κ3) is 2.68. The molecular weight excluding hydrogens is 212 g/mol. The van der Waals surface area contributed by atoms with Crippen LogP contribution in [-0.4, -0.2) is 30.9 Å². The Bertz CT molecular complexity index is 456. The Balaban J connectivity index is 2.05. The van der Waals surface area contributed by atoms with Crippen molar-refractivity contribution in [2.75, 3.05) is 16.8 Å². The van der Waals surface area contributed by atoms with Crippen LogP contribution in [0.1, 0.15) is 12.1 Å². The molecule has 0 aliphatic carbocycles. The van der Waals surface area contributed by atoms with Gasteiger partial charge in [-0.2, -0.15) is 0 Å². The van der Waals surface area contributed by atoms with Crippen LogP contribution in [0, 0.1) is 6.92 Å². The molecule has 1 N–H and O–H groups in total. The van der Waals surface area contributed by atoms with Crippen molar-refractivity contribution >= 4 is 15.7 Å². The van der Waals surface area contributed by atoms with E-state index in [4.69, 9.17) is 0 Å². The second-order valence-corrected chi connectivity index (χ2v) is 6.14. The van der Waals surface area contributed by atoms with Crippen molar-refractivity contribution in [1.29, 1.82) is 0 Å². The number of nitrogens with one attached hydrogen (secondary N) is 1. The zero-order chi connectivity index (χ0) is 10.9. The zero-order valence-corrected chi connectivity index (χ0v) is 9.42. The second-order valence-electron chi connectivity index (χ2n) is 3.91. The van der Waals surface area contributed by atoms with Crippen LogP contribution in [0.4, 0.5) is 5.82 Å². The first-order valence-corrected chi connectivity index (χ1v) is 6.78. The van der Waals surface area contributed by atoms with Gasteiger partial charge in [-0.15, -0.1) is 0 Å². The molecule has 2 heterocycles. The predicted molar refractivity (Wildman–Crippen MR) is 59.7 cm³/mol. The van der Waals surface area contributed by atoms with E-state index in [-0.39, 0.29) is 17.5 Å². The summed E-state index contributed by atoms with van der Waals surface area (Å²) in [6.07, 6.45) is 0.679. The highest BCUT2D eigenvalue weighted by Gasteiger charge is 2.27. The lowest BCUT2D eigenvalue weighted by Crippen LogP contribution is -2.21. The molecule has 1 saturated heterocycles. The number of aryl methyl sites for hydroxylation is 1. The molecule has 15 heavy (non-hydrogen) atoms. The van der Waals surface area contributed by atoms with Gasteiger partial charge in [-0.1, -0.05) is 6.07 Å². The fourth-order valence-corrected chi connectivity index (χ4v) is 3.41. The van der Waals surface area contributed by atoms with Gasteiger partial charge in [0.15, 0.2) is 9.84 Å². The average Bonchev–Trinajstić information content (AvgIpc) is 2.45. The Hall–Kier alpha value is -1.10. The molecule has 1 aromatic rings. The highest BCUT2D eigenvalue weighted by molar-refractivity contribution is 7.91. The first kappa shape index (κ1) is 10.4. The number of aromatic nitrogens is 1. The van der Waals surface area contributed by atoms with Crippen molar-refractivity contribution in [2.24, 2.45) is 0 Å². The van der Waals surface area contributed by atoms with Crippen LogP contribution in [0.15, 0.2) is 18.2 Å². The molecule has 0 aromatic carbocycles. The molecule has 5 heteroatoms. The van der Waals surface area contributed by atoms with Gasteiger partial charge in [0.1, 0.15) is 5.82 Å². The Morgan fingerprint density at radius 1 is 1.47 bits per heavy atom. The highest BCUT2D eigenvalue weighted by atomic mass is 32.2. The standard InChI is InChI=1S/C10H14N2O2S/c1-8-3-2-4-10(11-8)12-9-5-6-15(13,14)7-9/h2-4,9H,5-7H2,1H3,(H,11,12). The molecule has 82 valence electrons. The number of rotatable bonds is 2. The molecule has 0 amide bonds. The highest BCUT2D eigenvalue weighted by Crippen LogP contribution is 2.16. The SMILES string of the molecule is Cc1cccc(NC2CCS(=O)(=O)C2)n1. The lowest BCUT2D eigenvalue weighted by molar-refractivity contribution is 0.602. The summed E-state index contributed by atoms with van der Waals surface area (Å²) in [6.45, 7) is 1.91. The van der Waals surface area contributed by atoms with Crippen molar-refractivity contribution in [2.45, 2.75) is 19.4 Å². The molecule has 1 fully saturated rings. The number of hydrogen-bond acceptors (Lipinski definition) is 4. The summed E-state index contributed by atoms with van der Waals surface area (Å²) in [5.41, 5.74) is 0.931. The molecule has 1 aliphatic heterocycles. The van der Waals surface area contributed by atoms with E-state index in [1.807, 2.05) is 25.1 Å². The maximum Gasteiger partial charge on any atom is 0.152 e. The van der Waals surface area contributed by atoms with Gasteiger partial charge in [0.05, 0.1) is 11.5 Å². The Labute approximate surface area is 89.6 Å². The molecule has 1 aliphatic rings. The van der Waals surface area contributed by atoms with E-state index < -0.39 is 9.84 Å². The van der Waals surface area contributed by atoms with E-state index in [9.17, 15) is 8.42 Å². The number of nitrogens with zero attached hydrogens (tertiary/aromatic N) is 1. The predicted octanol–water partition coefficient (Wildman–Crippen LogP) is 0.989.